The maximum atomic E-state index is 12.6. The minimum Gasteiger partial charge on any atom is -0.352 e. The van der Waals surface area contributed by atoms with Gasteiger partial charge in [0.2, 0.25) is 5.91 Å². The number of piperidine rings is 1. The predicted molar refractivity (Wildman–Crippen MR) is 100 cm³/mol. The van der Waals surface area contributed by atoms with Crippen molar-refractivity contribution in [3.8, 4) is 0 Å². The van der Waals surface area contributed by atoms with E-state index in [-0.39, 0.29) is 17.9 Å². The van der Waals surface area contributed by atoms with E-state index in [1.165, 1.54) is 0 Å². The van der Waals surface area contributed by atoms with Gasteiger partial charge in [0.15, 0.2) is 0 Å². The first-order valence-corrected chi connectivity index (χ1v) is 9.10. The summed E-state index contributed by atoms with van der Waals surface area (Å²) in [4.78, 5) is 26.4. The lowest BCUT2D eigenvalue weighted by atomic mass is 9.90. The molecule has 0 aliphatic carbocycles. The van der Waals surface area contributed by atoms with Gasteiger partial charge in [0.1, 0.15) is 0 Å². The second-order valence-electron chi connectivity index (χ2n) is 8.12. The van der Waals surface area contributed by atoms with E-state index in [4.69, 9.17) is 5.73 Å². The molecule has 1 atom stereocenters. The molecule has 2 rings (SSSR count). The van der Waals surface area contributed by atoms with Gasteiger partial charge in [-0.05, 0) is 43.4 Å². The van der Waals surface area contributed by atoms with Crippen LogP contribution in [0.3, 0.4) is 0 Å². The Morgan fingerprint density at radius 1 is 1.20 bits per heavy atom. The third-order valence-electron chi connectivity index (χ3n) is 4.91. The Hall–Kier alpha value is -1.88. The summed E-state index contributed by atoms with van der Waals surface area (Å²) in [6.07, 6.45) is 1.95. The van der Waals surface area contributed by atoms with Gasteiger partial charge < -0.3 is 16.0 Å². The Morgan fingerprint density at radius 3 is 2.24 bits per heavy atom. The summed E-state index contributed by atoms with van der Waals surface area (Å²) in [5.41, 5.74) is 7.25. The zero-order chi connectivity index (χ0) is 18.6. The van der Waals surface area contributed by atoms with Crippen LogP contribution in [-0.4, -0.2) is 35.8 Å². The number of likely N-dealkylation sites (tertiary alicyclic amines) is 1. The largest absolute Gasteiger partial charge is 0.352 e. The first-order valence-electron chi connectivity index (χ1n) is 9.10. The van der Waals surface area contributed by atoms with E-state index in [0.717, 1.165) is 31.5 Å². The van der Waals surface area contributed by atoms with Crippen LogP contribution in [0.25, 0.3) is 0 Å². The standard InChI is InChI=1S/C20H31N3O2/c1-14(21)16-9-11-23(12-10-16)18(24)17-7-5-15(6-8-17)13-22-19(25)20(2,3)4/h5-8,14,16H,9-13,21H2,1-4H3,(H,22,25). The second-order valence-corrected chi connectivity index (χ2v) is 8.12. The molecule has 25 heavy (non-hydrogen) atoms. The molecule has 2 amide bonds. The molecular weight excluding hydrogens is 314 g/mol. The number of rotatable bonds is 4. The Bertz CT molecular complexity index is 594. The van der Waals surface area contributed by atoms with Crippen LogP contribution < -0.4 is 11.1 Å². The van der Waals surface area contributed by atoms with Gasteiger partial charge in [0.05, 0.1) is 0 Å². The Labute approximate surface area is 151 Å². The summed E-state index contributed by atoms with van der Waals surface area (Å²) in [5.74, 6) is 0.607. The Kier molecular flexibility index (Phi) is 6.22. The fourth-order valence-electron chi connectivity index (χ4n) is 3.02. The molecular formula is C20H31N3O2. The lowest BCUT2D eigenvalue weighted by Gasteiger charge is -2.33. The first-order chi connectivity index (χ1) is 11.7. The van der Waals surface area contributed by atoms with Crippen molar-refractivity contribution in [3.63, 3.8) is 0 Å². The van der Waals surface area contributed by atoms with Crippen LogP contribution in [0.1, 0.15) is 56.5 Å². The van der Waals surface area contributed by atoms with Crippen molar-refractivity contribution < 1.29 is 9.59 Å². The van der Waals surface area contributed by atoms with Crippen LogP contribution in [0.5, 0.6) is 0 Å². The van der Waals surface area contributed by atoms with Crippen molar-refractivity contribution >= 4 is 11.8 Å². The van der Waals surface area contributed by atoms with E-state index in [2.05, 4.69) is 5.32 Å². The van der Waals surface area contributed by atoms with Crippen LogP contribution in [0.4, 0.5) is 0 Å². The summed E-state index contributed by atoms with van der Waals surface area (Å²) in [6, 6.07) is 7.70. The molecule has 0 bridgehead atoms. The average molecular weight is 345 g/mol. The molecule has 1 aromatic rings. The summed E-state index contributed by atoms with van der Waals surface area (Å²) >= 11 is 0. The van der Waals surface area contributed by atoms with Gasteiger partial charge in [-0.3, -0.25) is 9.59 Å². The van der Waals surface area contributed by atoms with Crippen LogP contribution in [0, 0.1) is 11.3 Å². The molecule has 1 aliphatic rings. The number of nitrogens with two attached hydrogens (primary N) is 1. The van der Waals surface area contributed by atoms with Crippen LogP contribution in [0.15, 0.2) is 24.3 Å². The number of nitrogens with zero attached hydrogens (tertiary/aromatic N) is 1. The molecule has 1 unspecified atom stereocenters. The van der Waals surface area contributed by atoms with Crippen molar-refractivity contribution in [2.45, 2.75) is 53.1 Å². The van der Waals surface area contributed by atoms with E-state index in [1.54, 1.807) is 0 Å². The number of hydrogen-bond donors (Lipinski definition) is 2. The van der Waals surface area contributed by atoms with Crippen LogP contribution in [-0.2, 0) is 11.3 Å². The number of amides is 2. The van der Waals surface area contributed by atoms with Crippen LogP contribution in [0.2, 0.25) is 0 Å². The quantitative estimate of drug-likeness (QED) is 0.880. The molecule has 1 aliphatic heterocycles. The number of carbonyl (C=O) groups is 2. The van der Waals surface area contributed by atoms with Crippen molar-refractivity contribution in [2.75, 3.05) is 13.1 Å². The van der Waals surface area contributed by atoms with Gasteiger partial charge in [-0.15, -0.1) is 0 Å². The smallest absolute Gasteiger partial charge is 0.253 e. The van der Waals surface area contributed by atoms with E-state index < -0.39 is 5.41 Å². The number of nitrogens with one attached hydrogen (secondary N) is 1. The predicted octanol–water partition coefficient (Wildman–Crippen LogP) is 2.55. The van der Waals surface area contributed by atoms with Gasteiger partial charge >= 0.3 is 0 Å². The molecule has 1 saturated heterocycles. The third-order valence-corrected chi connectivity index (χ3v) is 4.91. The summed E-state index contributed by atoms with van der Waals surface area (Å²) in [5, 5.41) is 2.92. The molecule has 5 heteroatoms. The lowest BCUT2D eigenvalue weighted by molar-refractivity contribution is -0.128. The fraction of sp³-hybridized carbons (Fsp3) is 0.600. The van der Waals surface area contributed by atoms with Crippen LogP contribution >= 0.6 is 0 Å². The molecule has 0 aromatic heterocycles. The molecule has 0 spiro atoms. The second kappa shape index (κ2) is 8.00. The van der Waals surface area contributed by atoms with Gasteiger partial charge in [-0.2, -0.15) is 0 Å². The molecule has 3 N–H and O–H groups in total. The average Bonchev–Trinajstić information content (AvgIpc) is 2.58. The Morgan fingerprint density at radius 2 is 1.76 bits per heavy atom. The van der Waals surface area contributed by atoms with Gasteiger partial charge in [0, 0.05) is 36.7 Å². The van der Waals surface area contributed by atoms with E-state index >= 15 is 0 Å². The van der Waals surface area contributed by atoms with Crippen molar-refractivity contribution in [1.82, 2.24) is 10.2 Å². The summed E-state index contributed by atoms with van der Waals surface area (Å²) < 4.78 is 0. The highest BCUT2D eigenvalue weighted by Gasteiger charge is 2.25. The van der Waals surface area contributed by atoms with E-state index in [1.807, 2.05) is 56.9 Å². The summed E-state index contributed by atoms with van der Waals surface area (Å²) in [6.45, 7) is 9.72. The van der Waals surface area contributed by atoms with Crippen molar-refractivity contribution in [1.29, 1.82) is 0 Å². The maximum absolute atomic E-state index is 12.6. The monoisotopic (exact) mass is 345 g/mol. The highest BCUT2D eigenvalue weighted by Crippen LogP contribution is 2.21. The normalized spacial score (nSPS) is 17.2. The molecule has 5 nitrogen and oxygen atoms in total. The number of benzene rings is 1. The Balaban J connectivity index is 1.89. The zero-order valence-electron chi connectivity index (χ0n) is 15.8. The summed E-state index contributed by atoms with van der Waals surface area (Å²) in [7, 11) is 0. The first kappa shape index (κ1) is 19.4. The van der Waals surface area contributed by atoms with Gasteiger partial charge in [-0.1, -0.05) is 32.9 Å². The van der Waals surface area contributed by atoms with Gasteiger partial charge in [0.25, 0.3) is 5.91 Å². The topological polar surface area (TPSA) is 75.4 Å². The molecule has 1 aromatic carbocycles. The minimum absolute atomic E-state index is 0.0182. The zero-order valence-corrected chi connectivity index (χ0v) is 15.8. The van der Waals surface area contributed by atoms with Crippen molar-refractivity contribution in [2.24, 2.45) is 17.1 Å². The molecule has 0 radical (unpaired) electrons. The van der Waals surface area contributed by atoms with Crippen molar-refractivity contribution in [3.05, 3.63) is 35.4 Å². The molecule has 138 valence electrons. The SMILES string of the molecule is CC(N)C1CCN(C(=O)c2ccc(CNC(=O)C(C)(C)C)cc2)CC1. The number of carbonyl (C=O) groups excluding carboxylic acids is 2. The lowest BCUT2D eigenvalue weighted by Crippen LogP contribution is -2.42. The van der Waals surface area contributed by atoms with E-state index in [9.17, 15) is 9.59 Å². The maximum Gasteiger partial charge on any atom is 0.253 e. The van der Waals surface area contributed by atoms with E-state index in [0.29, 0.717) is 18.0 Å². The molecule has 0 saturated carbocycles. The highest BCUT2D eigenvalue weighted by atomic mass is 16.2. The highest BCUT2D eigenvalue weighted by molar-refractivity contribution is 5.94. The third kappa shape index (κ3) is 5.30. The van der Waals surface area contributed by atoms with Gasteiger partial charge in [-0.25, -0.2) is 0 Å². The minimum atomic E-state index is -0.400. The molecule has 1 fully saturated rings. The fourth-order valence-corrected chi connectivity index (χ4v) is 3.02. The molecule has 1 heterocycles. The number of hydrogen-bond acceptors (Lipinski definition) is 3.